The number of hydrogen-bond acceptors (Lipinski definition) is 0. The van der Waals surface area contributed by atoms with Crippen molar-refractivity contribution in [3.05, 3.63) is 61.3 Å². The summed E-state index contributed by atoms with van der Waals surface area (Å²) < 4.78 is 0. The van der Waals surface area contributed by atoms with Gasteiger partial charge in [0, 0.05) is 0 Å². The predicted molar refractivity (Wildman–Crippen MR) is 94.0 cm³/mol. The lowest BCUT2D eigenvalue weighted by molar-refractivity contribution is 0.692. The quantitative estimate of drug-likeness (QED) is 0.194. The zero-order valence-corrected chi connectivity index (χ0v) is 13.3. The van der Waals surface area contributed by atoms with Crippen molar-refractivity contribution >= 4 is 0 Å². The van der Waals surface area contributed by atoms with Crippen molar-refractivity contribution in [2.45, 2.75) is 64.7 Å². The summed E-state index contributed by atoms with van der Waals surface area (Å²) in [6.07, 6.45) is 30.6. The standard InChI is InChI=1S/C20H32/c1-3-5-7-9-11-13-15-17-19-20-18-16-14-12-10-8-6-4-2/h3,5,7,9,11-15H,1,4,6,8,10,16-20H2,2H3. The van der Waals surface area contributed by atoms with Crippen molar-refractivity contribution in [1.29, 1.82) is 0 Å². The van der Waals surface area contributed by atoms with E-state index < -0.39 is 0 Å². The lowest BCUT2D eigenvalue weighted by atomic mass is 10.1. The maximum atomic E-state index is 3.62. The molecule has 0 aromatic carbocycles. The van der Waals surface area contributed by atoms with Crippen molar-refractivity contribution in [2.75, 3.05) is 0 Å². The lowest BCUT2D eigenvalue weighted by Crippen LogP contribution is -1.75. The Morgan fingerprint density at radius 2 is 1.15 bits per heavy atom. The lowest BCUT2D eigenvalue weighted by Gasteiger charge is -1.95. The van der Waals surface area contributed by atoms with Gasteiger partial charge in [0.05, 0.1) is 0 Å². The van der Waals surface area contributed by atoms with E-state index in [1.165, 1.54) is 57.8 Å². The van der Waals surface area contributed by atoms with Crippen LogP contribution in [-0.2, 0) is 0 Å². The number of rotatable bonds is 13. The van der Waals surface area contributed by atoms with Crippen LogP contribution in [0.1, 0.15) is 64.7 Å². The van der Waals surface area contributed by atoms with Crippen LogP contribution in [-0.4, -0.2) is 0 Å². The van der Waals surface area contributed by atoms with Gasteiger partial charge in [-0.1, -0.05) is 87.4 Å². The van der Waals surface area contributed by atoms with Crippen LogP contribution in [0.25, 0.3) is 0 Å². The van der Waals surface area contributed by atoms with E-state index in [0.717, 1.165) is 0 Å². The Kier molecular flexibility index (Phi) is 16.5. The Bertz CT molecular complexity index is 302. The molecular formula is C20H32. The molecule has 0 aliphatic carbocycles. The molecule has 0 spiro atoms. The minimum Gasteiger partial charge on any atom is -0.0991 e. The van der Waals surface area contributed by atoms with Crippen molar-refractivity contribution in [3.63, 3.8) is 0 Å². The maximum absolute atomic E-state index is 3.62. The molecule has 0 rings (SSSR count). The summed E-state index contributed by atoms with van der Waals surface area (Å²) in [6.45, 7) is 5.88. The van der Waals surface area contributed by atoms with Gasteiger partial charge in [0.1, 0.15) is 0 Å². The SMILES string of the molecule is C=CC=CC=CC=CCCCCCC=CCCCCC. The van der Waals surface area contributed by atoms with Crippen LogP contribution in [0.2, 0.25) is 0 Å². The summed E-state index contributed by atoms with van der Waals surface area (Å²) in [5.41, 5.74) is 0. The molecule has 0 bridgehead atoms. The normalized spacial score (nSPS) is 12.4. The summed E-state index contributed by atoms with van der Waals surface area (Å²) in [7, 11) is 0. The molecule has 0 heteroatoms. The molecule has 0 fully saturated rings. The summed E-state index contributed by atoms with van der Waals surface area (Å²) in [4.78, 5) is 0. The first kappa shape index (κ1) is 18.7. The predicted octanol–water partition coefficient (Wildman–Crippen LogP) is 6.93. The average Bonchev–Trinajstić information content (AvgIpc) is 2.47. The molecule has 0 nitrogen and oxygen atoms in total. The summed E-state index contributed by atoms with van der Waals surface area (Å²) in [5, 5.41) is 0. The zero-order chi connectivity index (χ0) is 14.7. The van der Waals surface area contributed by atoms with E-state index in [9.17, 15) is 0 Å². The van der Waals surface area contributed by atoms with Crippen molar-refractivity contribution in [1.82, 2.24) is 0 Å². The van der Waals surface area contributed by atoms with Crippen molar-refractivity contribution in [2.24, 2.45) is 0 Å². The second kappa shape index (κ2) is 17.7. The van der Waals surface area contributed by atoms with Gasteiger partial charge >= 0.3 is 0 Å². The monoisotopic (exact) mass is 272 g/mol. The van der Waals surface area contributed by atoms with Gasteiger partial charge in [-0.05, 0) is 38.5 Å². The Morgan fingerprint density at radius 1 is 0.600 bits per heavy atom. The molecule has 0 aromatic rings. The average molecular weight is 272 g/mol. The van der Waals surface area contributed by atoms with Gasteiger partial charge in [-0.25, -0.2) is 0 Å². The van der Waals surface area contributed by atoms with E-state index in [1.807, 2.05) is 18.2 Å². The molecule has 0 saturated carbocycles. The van der Waals surface area contributed by atoms with Gasteiger partial charge in [-0.3, -0.25) is 0 Å². The highest BCUT2D eigenvalue weighted by Gasteiger charge is 1.86. The zero-order valence-electron chi connectivity index (χ0n) is 13.3. The molecule has 0 aliphatic heterocycles. The Hall–Kier alpha value is -1.30. The third-order valence-electron chi connectivity index (χ3n) is 3.10. The van der Waals surface area contributed by atoms with Crippen LogP contribution in [0.3, 0.4) is 0 Å². The van der Waals surface area contributed by atoms with Gasteiger partial charge in [0.25, 0.3) is 0 Å². The van der Waals surface area contributed by atoms with Crippen LogP contribution in [0.15, 0.2) is 61.3 Å². The van der Waals surface area contributed by atoms with E-state index >= 15 is 0 Å². The van der Waals surface area contributed by atoms with E-state index in [4.69, 9.17) is 0 Å². The summed E-state index contributed by atoms with van der Waals surface area (Å²) >= 11 is 0. The van der Waals surface area contributed by atoms with E-state index in [0.29, 0.717) is 0 Å². The van der Waals surface area contributed by atoms with Crippen molar-refractivity contribution in [3.8, 4) is 0 Å². The molecule has 0 atom stereocenters. The fraction of sp³-hybridized carbons (Fsp3) is 0.500. The molecule has 20 heavy (non-hydrogen) atoms. The highest BCUT2D eigenvalue weighted by molar-refractivity contribution is 5.14. The molecule has 0 radical (unpaired) electrons. The molecule has 0 amide bonds. The van der Waals surface area contributed by atoms with Crippen LogP contribution >= 0.6 is 0 Å². The minimum atomic E-state index is 1.19. The van der Waals surface area contributed by atoms with Gasteiger partial charge in [0.15, 0.2) is 0 Å². The number of unbranched alkanes of at least 4 members (excludes halogenated alkanes) is 7. The molecule has 0 heterocycles. The Morgan fingerprint density at radius 3 is 1.80 bits per heavy atom. The Labute approximate surface area is 126 Å². The van der Waals surface area contributed by atoms with Crippen LogP contribution in [0.4, 0.5) is 0 Å². The first-order chi connectivity index (χ1) is 9.91. The Balaban J connectivity index is 3.27. The van der Waals surface area contributed by atoms with Crippen LogP contribution in [0, 0.1) is 0 Å². The number of hydrogen-bond donors (Lipinski definition) is 0. The second-order valence-corrected chi connectivity index (χ2v) is 5.04. The van der Waals surface area contributed by atoms with Gasteiger partial charge < -0.3 is 0 Å². The maximum Gasteiger partial charge on any atom is -0.0348 e. The molecule has 0 aromatic heterocycles. The van der Waals surface area contributed by atoms with E-state index in [-0.39, 0.29) is 0 Å². The van der Waals surface area contributed by atoms with E-state index in [1.54, 1.807) is 6.08 Å². The fourth-order valence-electron chi connectivity index (χ4n) is 1.89. The highest BCUT2D eigenvalue weighted by atomic mass is 13.9. The molecule has 0 saturated heterocycles. The molecule has 0 N–H and O–H groups in total. The minimum absolute atomic E-state index is 1.19. The third kappa shape index (κ3) is 16.7. The topological polar surface area (TPSA) is 0 Å². The largest absolute Gasteiger partial charge is 0.0991 e. The van der Waals surface area contributed by atoms with Crippen LogP contribution in [0.5, 0.6) is 0 Å². The first-order valence-electron chi connectivity index (χ1n) is 8.17. The van der Waals surface area contributed by atoms with Gasteiger partial charge in [-0.2, -0.15) is 0 Å². The molecule has 0 aliphatic rings. The molecular weight excluding hydrogens is 240 g/mol. The van der Waals surface area contributed by atoms with Gasteiger partial charge in [0.2, 0.25) is 0 Å². The van der Waals surface area contributed by atoms with Gasteiger partial charge in [-0.15, -0.1) is 0 Å². The van der Waals surface area contributed by atoms with Crippen LogP contribution < -0.4 is 0 Å². The molecule has 0 unspecified atom stereocenters. The molecule has 112 valence electrons. The fourth-order valence-corrected chi connectivity index (χ4v) is 1.89. The first-order valence-corrected chi connectivity index (χ1v) is 8.17. The third-order valence-corrected chi connectivity index (χ3v) is 3.10. The number of allylic oxidation sites excluding steroid dienone is 9. The highest BCUT2D eigenvalue weighted by Crippen LogP contribution is 2.06. The summed E-state index contributed by atoms with van der Waals surface area (Å²) in [5.74, 6) is 0. The summed E-state index contributed by atoms with van der Waals surface area (Å²) in [6, 6.07) is 0. The second-order valence-electron chi connectivity index (χ2n) is 5.04. The van der Waals surface area contributed by atoms with Crippen molar-refractivity contribution < 1.29 is 0 Å². The van der Waals surface area contributed by atoms with E-state index in [2.05, 4.69) is 43.9 Å². The smallest absolute Gasteiger partial charge is 0.0348 e.